The van der Waals surface area contributed by atoms with E-state index >= 15 is 0 Å². The Morgan fingerprint density at radius 3 is 1.35 bits per heavy atom. The van der Waals surface area contributed by atoms with Crippen molar-refractivity contribution in [1.82, 2.24) is 0 Å². The summed E-state index contributed by atoms with van der Waals surface area (Å²) >= 11 is 11.9. The van der Waals surface area contributed by atoms with Crippen LogP contribution in [0.2, 0.25) is 10.0 Å². The number of hydrogen-bond donors (Lipinski definition) is 0. The molecule has 1 aliphatic rings. The van der Waals surface area contributed by atoms with Crippen LogP contribution in [0.1, 0.15) is 23.3 Å². The number of ether oxygens (including phenoxy) is 2. The van der Waals surface area contributed by atoms with Crippen LogP contribution >= 0.6 is 23.2 Å². The van der Waals surface area contributed by atoms with Gasteiger partial charge >= 0.3 is 0 Å². The summed E-state index contributed by atoms with van der Waals surface area (Å²) < 4.78 is 11.8. The first-order valence-corrected chi connectivity index (χ1v) is 7.24. The Morgan fingerprint density at radius 1 is 0.650 bits per heavy atom. The minimum atomic E-state index is -0.123. The molecule has 1 fully saturated rings. The van der Waals surface area contributed by atoms with Crippen LogP contribution in [0.15, 0.2) is 48.5 Å². The summed E-state index contributed by atoms with van der Waals surface area (Å²) in [6.45, 7) is 1.19. The third-order valence-corrected chi connectivity index (χ3v) is 3.85. The predicted molar refractivity (Wildman–Crippen MR) is 80.3 cm³/mol. The quantitative estimate of drug-likeness (QED) is 0.791. The summed E-state index contributed by atoms with van der Waals surface area (Å²) in [4.78, 5) is 0. The average molecular weight is 309 g/mol. The van der Waals surface area contributed by atoms with Gasteiger partial charge in [0.2, 0.25) is 0 Å². The van der Waals surface area contributed by atoms with E-state index in [1.165, 1.54) is 0 Å². The summed E-state index contributed by atoms with van der Waals surface area (Å²) in [6, 6.07) is 15.4. The van der Waals surface area contributed by atoms with Crippen molar-refractivity contribution in [1.29, 1.82) is 0 Å². The smallest absolute Gasteiger partial charge is 0.113 e. The first-order chi connectivity index (χ1) is 9.74. The van der Waals surface area contributed by atoms with E-state index in [1.807, 2.05) is 48.5 Å². The van der Waals surface area contributed by atoms with E-state index in [0.717, 1.165) is 11.1 Å². The minimum absolute atomic E-state index is 0.123. The summed E-state index contributed by atoms with van der Waals surface area (Å²) in [5.74, 6) is 0. The Hall–Kier alpha value is -1.06. The molecule has 0 unspecified atom stereocenters. The van der Waals surface area contributed by atoms with E-state index < -0.39 is 0 Å². The lowest BCUT2D eigenvalue weighted by Crippen LogP contribution is -2.26. The molecule has 2 atom stereocenters. The Bertz CT molecular complexity index is 513. The lowest BCUT2D eigenvalue weighted by molar-refractivity contribution is -0.145. The molecule has 0 bridgehead atoms. The van der Waals surface area contributed by atoms with Crippen LogP contribution in [0.5, 0.6) is 0 Å². The Morgan fingerprint density at radius 2 is 1.00 bits per heavy atom. The topological polar surface area (TPSA) is 18.5 Å². The zero-order chi connectivity index (χ0) is 13.9. The van der Waals surface area contributed by atoms with Gasteiger partial charge in [-0.2, -0.15) is 0 Å². The van der Waals surface area contributed by atoms with Gasteiger partial charge in [0, 0.05) is 10.0 Å². The Labute approximate surface area is 128 Å². The van der Waals surface area contributed by atoms with Crippen molar-refractivity contribution in [2.45, 2.75) is 12.2 Å². The van der Waals surface area contributed by atoms with Gasteiger partial charge in [-0.1, -0.05) is 47.5 Å². The number of hydrogen-bond acceptors (Lipinski definition) is 2. The van der Waals surface area contributed by atoms with E-state index in [0.29, 0.717) is 23.3 Å². The number of rotatable bonds is 2. The summed E-state index contributed by atoms with van der Waals surface area (Å²) in [7, 11) is 0. The molecule has 4 heteroatoms. The summed E-state index contributed by atoms with van der Waals surface area (Å²) in [5.41, 5.74) is 2.13. The van der Waals surface area contributed by atoms with Gasteiger partial charge in [-0.05, 0) is 35.4 Å². The van der Waals surface area contributed by atoms with Crippen LogP contribution in [0.3, 0.4) is 0 Å². The second kappa shape index (κ2) is 6.15. The largest absolute Gasteiger partial charge is 0.368 e. The lowest BCUT2D eigenvalue weighted by atomic mass is 9.97. The highest BCUT2D eigenvalue weighted by Gasteiger charge is 2.29. The predicted octanol–water partition coefficient (Wildman–Crippen LogP) is 4.82. The van der Waals surface area contributed by atoms with E-state index in [-0.39, 0.29) is 12.2 Å². The molecule has 0 aromatic heterocycles. The van der Waals surface area contributed by atoms with E-state index in [1.54, 1.807) is 0 Å². The number of benzene rings is 2. The van der Waals surface area contributed by atoms with Crippen LogP contribution in [0.25, 0.3) is 0 Å². The van der Waals surface area contributed by atoms with Crippen LogP contribution in [0.4, 0.5) is 0 Å². The highest BCUT2D eigenvalue weighted by molar-refractivity contribution is 6.30. The van der Waals surface area contributed by atoms with Crippen LogP contribution in [0, 0.1) is 0 Å². The molecule has 2 nitrogen and oxygen atoms in total. The minimum Gasteiger partial charge on any atom is -0.368 e. The molecule has 1 saturated heterocycles. The molecule has 2 aromatic rings. The first kappa shape index (κ1) is 13.9. The first-order valence-electron chi connectivity index (χ1n) is 6.48. The van der Waals surface area contributed by atoms with Gasteiger partial charge in [-0.25, -0.2) is 0 Å². The lowest BCUT2D eigenvalue weighted by Gasteiger charge is -2.32. The molecular formula is C16H14Cl2O2. The van der Waals surface area contributed by atoms with Gasteiger partial charge in [0.15, 0.2) is 0 Å². The van der Waals surface area contributed by atoms with Crippen molar-refractivity contribution in [3.63, 3.8) is 0 Å². The van der Waals surface area contributed by atoms with Crippen LogP contribution < -0.4 is 0 Å². The van der Waals surface area contributed by atoms with Gasteiger partial charge in [-0.3, -0.25) is 0 Å². The second-order valence-corrected chi connectivity index (χ2v) is 5.56. The van der Waals surface area contributed by atoms with Gasteiger partial charge in [-0.15, -0.1) is 0 Å². The molecule has 1 aliphatic heterocycles. The van der Waals surface area contributed by atoms with E-state index in [4.69, 9.17) is 32.7 Å². The van der Waals surface area contributed by atoms with Crippen molar-refractivity contribution in [2.75, 3.05) is 13.2 Å². The maximum absolute atomic E-state index is 5.93. The monoisotopic (exact) mass is 308 g/mol. The zero-order valence-corrected chi connectivity index (χ0v) is 12.3. The summed E-state index contributed by atoms with van der Waals surface area (Å²) in [5, 5.41) is 1.43. The van der Waals surface area contributed by atoms with Crippen LogP contribution in [-0.2, 0) is 9.47 Å². The Kier molecular flexibility index (Phi) is 4.27. The van der Waals surface area contributed by atoms with Crippen molar-refractivity contribution in [3.8, 4) is 0 Å². The molecule has 2 aromatic carbocycles. The Balaban J connectivity index is 1.90. The zero-order valence-electron chi connectivity index (χ0n) is 10.8. The average Bonchev–Trinajstić information content (AvgIpc) is 2.49. The van der Waals surface area contributed by atoms with Crippen molar-refractivity contribution in [2.24, 2.45) is 0 Å². The molecule has 0 saturated carbocycles. The van der Waals surface area contributed by atoms with Crippen LogP contribution in [-0.4, -0.2) is 13.2 Å². The highest BCUT2D eigenvalue weighted by atomic mass is 35.5. The maximum atomic E-state index is 5.93. The van der Waals surface area contributed by atoms with Gasteiger partial charge in [0.25, 0.3) is 0 Å². The molecule has 3 rings (SSSR count). The molecule has 20 heavy (non-hydrogen) atoms. The molecule has 0 aliphatic carbocycles. The standard InChI is InChI=1S/C16H14Cl2O2/c17-13-5-1-11(2-6-13)15-16(20-10-9-19-15)12-3-7-14(18)8-4-12/h1-8,15-16H,9-10H2/t15-,16+. The van der Waals surface area contributed by atoms with Gasteiger partial charge in [0.05, 0.1) is 13.2 Å². The van der Waals surface area contributed by atoms with E-state index in [9.17, 15) is 0 Å². The van der Waals surface area contributed by atoms with Gasteiger partial charge < -0.3 is 9.47 Å². The van der Waals surface area contributed by atoms with E-state index in [2.05, 4.69) is 0 Å². The number of halogens is 2. The van der Waals surface area contributed by atoms with Crippen molar-refractivity contribution < 1.29 is 9.47 Å². The molecule has 104 valence electrons. The van der Waals surface area contributed by atoms with Gasteiger partial charge in [0.1, 0.15) is 12.2 Å². The second-order valence-electron chi connectivity index (χ2n) is 4.69. The molecule has 0 radical (unpaired) electrons. The molecule has 0 N–H and O–H groups in total. The fourth-order valence-corrected chi connectivity index (χ4v) is 2.62. The fourth-order valence-electron chi connectivity index (χ4n) is 2.37. The molecule has 0 amide bonds. The molecule has 1 heterocycles. The normalized spacial score (nSPS) is 22.7. The molecular weight excluding hydrogens is 295 g/mol. The molecule has 0 spiro atoms. The van der Waals surface area contributed by atoms with Crippen molar-refractivity contribution >= 4 is 23.2 Å². The third kappa shape index (κ3) is 2.99. The SMILES string of the molecule is Clc1ccc([C@H]2OCCO[C@H]2c2ccc(Cl)cc2)cc1. The third-order valence-electron chi connectivity index (χ3n) is 3.35. The maximum Gasteiger partial charge on any atom is 0.113 e. The highest BCUT2D eigenvalue weighted by Crippen LogP contribution is 2.38. The van der Waals surface area contributed by atoms with Crippen molar-refractivity contribution in [3.05, 3.63) is 69.7 Å². The fraction of sp³-hybridized carbons (Fsp3) is 0.250. The summed E-state index contributed by atoms with van der Waals surface area (Å²) in [6.07, 6.45) is -0.246.